The average molecular weight is 354 g/mol. The van der Waals surface area contributed by atoms with Crippen molar-refractivity contribution >= 4 is 17.5 Å². The van der Waals surface area contributed by atoms with Crippen molar-refractivity contribution in [2.45, 2.75) is 19.4 Å². The lowest BCUT2D eigenvalue weighted by atomic mass is 10.1. The number of carbonyl (C=O) groups is 2. The molecule has 6 nitrogen and oxygen atoms in total. The third kappa shape index (κ3) is 3.64. The van der Waals surface area contributed by atoms with Crippen LogP contribution in [0, 0.1) is 0 Å². The summed E-state index contributed by atoms with van der Waals surface area (Å²) in [4.78, 5) is 27.1. The summed E-state index contributed by atoms with van der Waals surface area (Å²) in [6, 6.07) is 14.2. The number of para-hydroxylation sites is 2. The summed E-state index contributed by atoms with van der Waals surface area (Å²) in [6.07, 6.45) is 0.0904. The van der Waals surface area contributed by atoms with E-state index in [1.807, 2.05) is 25.1 Å². The van der Waals surface area contributed by atoms with Gasteiger partial charge in [0.1, 0.15) is 11.5 Å². The van der Waals surface area contributed by atoms with E-state index in [1.165, 1.54) is 0 Å². The second kappa shape index (κ2) is 7.91. The van der Waals surface area contributed by atoms with Crippen molar-refractivity contribution in [2.75, 3.05) is 25.1 Å². The van der Waals surface area contributed by atoms with Gasteiger partial charge in [0, 0.05) is 12.1 Å². The van der Waals surface area contributed by atoms with Gasteiger partial charge in [-0.25, -0.2) is 0 Å². The molecule has 2 amide bonds. The SMILES string of the molecule is CCCNC(=O)[C@@H]1CN(C(=O)c2cccc(OC)c2)c2ccccc2O1. The Morgan fingerprint density at radius 1 is 1.23 bits per heavy atom. The summed E-state index contributed by atoms with van der Waals surface area (Å²) in [5, 5.41) is 2.83. The lowest BCUT2D eigenvalue weighted by Gasteiger charge is -2.34. The first-order valence-corrected chi connectivity index (χ1v) is 8.63. The van der Waals surface area contributed by atoms with Gasteiger partial charge in [-0.2, -0.15) is 0 Å². The van der Waals surface area contributed by atoms with Crippen LogP contribution >= 0.6 is 0 Å². The molecule has 1 aliphatic rings. The molecule has 1 heterocycles. The molecule has 0 saturated heterocycles. The van der Waals surface area contributed by atoms with Gasteiger partial charge in [-0.1, -0.05) is 25.1 Å². The van der Waals surface area contributed by atoms with Crippen molar-refractivity contribution < 1.29 is 19.1 Å². The number of methoxy groups -OCH3 is 1. The Bertz CT molecular complexity index is 806. The molecular formula is C20H22N2O4. The van der Waals surface area contributed by atoms with Crippen molar-refractivity contribution in [3.63, 3.8) is 0 Å². The second-order valence-electron chi connectivity index (χ2n) is 6.01. The van der Waals surface area contributed by atoms with E-state index in [0.29, 0.717) is 29.3 Å². The van der Waals surface area contributed by atoms with E-state index in [0.717, 1.165) is 6.42 Å². The van der Waals surface area contributed by atoms with Crippen molar-refractivity contribution in [2.24, 2.45) is 0 Å². The summed E-state index contributed by atoms with van der Waals surface area (Å²) >= 11 is 0. The number of hydrogen-bond donors (Lipinski definition) is 1. The predicted octanol–water partition coefficient (Wildman–Crippen LogP) is 2.63. The molecule has 0 fully saturated rings. The fourth-order valence-electron chi connectivity index (χ4n) is 2.84. The monoisotopic (exact) mass is 354 g/mol. The Kier molecular flexibility index (Phi) is 5.41. The minimum Gasteiger partial charge on any atom is -0.497 e. The molecule has 2 aromatic rings. The zero-order valence-electron chi connectivity index (χ0n) is 14.9. The standard InChI is InChI=1S/C20H22N2O4/c1-3-11-21-19(23)18-13-22(16-9-4-5-10-17(16)26-18)20(24)14-7-6-8-15(12-14)25-2/h4-10,12,18H,3,11,13H2,1-2H3,(H,21,23)/t18-/m0/s1. The van der Waals surface area contributed by atoms with Crippen LogP contribution < -0.4 is 19.7 Å². The van der Waals surface area contributed by atoms with Crippen LogP contribution in [-0.2, 0) is 4.79 Å². The number of carbonyl (C=O) groups excluding carboxylic acids is 2. The molecular weight excluding hydrogens is 332 g/mol. The van der Waals surface area contributed by atoms with E-state index >= 15 is 0 Å². The molecule has 0 spiro atoms. The van der Waals surface area contributed by atoms with Gasteiger partial charge in [0.05, 0.1) is 19.3 Å². The topological polar surface area (TPSA) is 67.9 Å². The second-order valence-corrected chi connectivity index (χ2v) is 6.01. The van der Waals surface area contributed by atoms with Gasteiger partial charge in [0.2, 0.25) is 0 Å². The Hall–Kier alpha value is -3.02. The van der Waals surface area contributed by atoms with Crippen LogP contribution in [0.15, 0.2) is 48.5 Å². The molecule has 2 aromatic carbocycles. The highest BCUT2D eigenvalue weighted by Crippen LogP contribution is 2.34. The highest BCUT2D eigenvalue weighted by atomic mass is 16.5. The third-order valence-electron chi connectivity index (χ3n) is 4.18. The van der Waals surface area contributed by atoms with E-state index in [4.69, 9.17) is 9.47 Å². The summed E-state index contributed by atoms with van der Waals surface area (Å²) in [6.45, 7) is 2.71. The Labute approximate surface area is 152 Å². The van der Waals surface area contributed by atoms with Crippen LogP contribution in [0.5, 0.6) is 11.5 Å². The Morgan fingerprint density at radius 3 is 2.81 bits per heavy atom. The number of nitrogens with zero attached hydrogens (tertiary/aromatic N) is 1. The molecule has 136 valence electrons. The molecule has 0 aromatic heterocycles. The molecule has 6 heteroatoms. The number of nitrogens with one attached hydrogen (secondary N) is 1. The predicted molar refractivity (Wildman–Crippen MR) is 98.8 cm³/mol. The molecule has 1 atom stereocenters. The number of ether oxygens (including phenoxy) is 2. The van der Waals surface area contributed by atoms with E-state index in [2.05, 4.69) is 5.32 Å². The largest absolute Gasteiger partial charge is 0.497 e. The van der Waals surface area contributed by atoms with Gasteiger partial charge in [0.15, 0.2) is 6.10 Å². The van der Waals surface area contributed by atoms with Crippen molar-refractivity contribution in [3.8, 4) is 11.5 Å². The minimum atomic E-state index is -0.744. The van der Waals surface area contributed by atoms with E-state index in [1.54, 1.807) is 42.3 Å². The first kappa shape index (κ1) is 17.8. The Balaban J connectivity index is 1.91. The highest BCUT2D eigenvalue weighted by Gasteiger charge is 2.34. The lowest BCUT2D eigenvalue weighted by Crippen LogP contribution is -2.50. The van der Waals surface area contributed by atoms with Gasteiger partial charge in [-0.3, -0.25) is 9.59 Å². The first-order valence-electron chi connectivity index (χ1n) is 8.63. The number of anilines is 1. The molecule has 26 heavy (non-hydrogen) atoms. The fourth-order valence-corrected chi connectivity index (χ4v) is 2.84. The number of rotatable bonds is 5. The van der Waals surface area contributed by atoms with Crippen LogP contribution in [0.3, 0.4) is 0 Å². The molecule has 0 aliphatic carbocycles. The number of benzene rings is 2. The van der Waals surface area contributed by atoms with Crippen molar-refractivity contribution in [3.05, 3.63) is 54.1 Å². The zero-order valence-corrected chi connectivity index (χ0v) is 14.9. The third-order valence-corrected chi connectivity index (χ3v) is 4.18. The lowest BCUT2D eigenvalue weighted by molar-refractivity contribution is -0.127. The van der Waals surface area contributed by atoms with Gasteiger partial charge in [-0.05, 0) is 36.8 Å². The van der Waals surface area contributed by atoms with Crippen LogP contribution in [0.4, 0.5) is 5.69 Å². The van der Waals surface area contributed by atoms with Crippen LogP contribution in [0.1, 0.15) is 23.7 Å². The fraction of sp³-hybridized carbons (Fsp3) is 0.300. The molecule has 0 radical (unpaired) electrons. The maximum absolute atomic E-state index is 13.1. The van der Waals surface area contributed by atoms with E-state index in [9.17, 15) is 9.59 Å². The molecule has 1 N–H and O–H groups in total. The first-order chi connectivity index (χ1) is 12.6. The summed E-state index contributed by atoms with van der Waals surface area (Å²) in [5.74, 6) is 0.707. The molecule has 1 aliphatic heterocycles. The number of amides is 2. The molecule has 0 bridgehead atoms. The van der Waals surface area contributed by atoms with E-state index in [-0.39, 0.29) is 18.4 Å². The maximum Gasteiger partial charge on any atom is 0.262 e. The molecule has 0 unspecified atom stereocenters. The number of fused-ring (bicyclic) bond motifs is 1. The minimum absolute atomic E-state index is 0.155. The molecule has 0 saturated carbocycles. The summed E-state index contributed by atoms with van der Waals surface area (Å²) in [7, 11) is 1.56. The zero-order chi connectivity index (χ0) is 18.5. The van der Waals surface area contributed by atoms with Gasteiger partial charge < -0.3 is 19.7 Å². The van der Waals surface area contributed by atoms with Gasteiger partial charge in [0.25, 0.3) is 11.8 Å². The smallest absolute Gasteiger partial charge is 0.262 e. The summed E-state index contributed by atoms with van der Waals surface area (Å²) < 4.78 is 11.0. The van der Waals surface area contributed by atoms with Gasteiger partial charge >= 0.3 is 0 Å². The number of hydrogen-bond acceptors (Lipinski definition) is 4. The maximum atomic E-state index is 13.1. The van der Waals surface area contributed by atoms with Crippen molar-refractivity contribution in [1.82, 2.24) is 5.32 Å². The van der Waals surface area contributed by atoms with Crippen LogP contribution in [0.2, 0.25) is 0 Å². The van der Waals surface area contributed by atoms with E-state index < -0.39 is 6.10 Å². The van der Waals surface area contributed by atoms with Crippen molar-refractivity contribution in [1.29, 1.82) is 0 Å². The van der Waals surface area contributed by atoms with Crippen LogP contribution in [-0.4, -0.2) is 38.1 Å². The molecule has 3 rings (SSSR count). The average Bonchev–Trinajstić information content (AvgIpc) is 2.70. The highest BCUT2D eigenvalue weighted by molar-refractivity contribution is 6.08. The quantitative estimate of drug-likeness (QED) is 0.896. The van der Waals surface area contributed by atoms with Crippen LogP contribution in [0.25, 0.3) is 0 Å². The van der Waals surface area contributed by atoms with Gasteiger partial charge in [-0.15, -0.1) is 0 Å². The summed E-state index contributed by atoms with van der Waals surface area (Å²) in [5.41, 5.74) is 1.15. The normalized spacial score (nSPS) is 15.6. The Morgan fingerprint density at radius 2 is 2.04 bits per heavy atom.